The highest BCUT2D eigenvalue weighted by Gasteiger charge is 2.12. The van der Waals surface area contributed by atoms with Crippen LogP contribution in [-0.4, -0.2) is 24.4 Å². The maximum absolute atomic E-state index is 13.2. The minimum atomic E-state index is -0.260. The summed E-state index contributed by atoms with van der Waals surface area (Å²) in [5.41, 5.74) is 1.90. The molecule has 0 aliphatic carbocycles. The quantitative estimate of drug-likeness (QED) is 0.826. The summed E-state index contributed by atoms with van der Waals surface area (Å²) in [5.74, 6) is -0.316. The van der Waals surface area contributed by atoms with Gasteiger partial charge in [-0.05, 0) is 49.4 Å². The fourth-order valence-electron chi connectivity index (χ4n) is 2.37. The van der Waals surface area contributed by atoms with Crippen molar-refractivity contribution >= 4 is 21.8 Å². The van der Waals surface area contributed by atoms with E-state index in [0.717, 1.165) is 15.6 Å². The van der Waals surface area contributed by atoms with E-state index in [1.54, 1.807) is 6.07 Å². The van der Waals surface area contributed by atoms with Gasteiger partial charge in [-0.25, -0.2) is 4.39 Å². The molecular formula is C18H20BrFN2O. The van der Waals surface area contributed by atoms with Crippen molar-refractivity contribution in [2.45, 2.75) is 19.5 Å². The van der Waals surface area contributed by atoms with Gasteiger partial charge in [-0.15, -0.1) is 0 Å². The third-order valence-corrected chi connectivity index (χ3v) is 4.03. The fourth-order valence-corrected chi connectivity index (χ4v) is 2.63. The van der Waals surface area contributed by atoms with Crippen LogP contribution < -0.4 is 5.32 Å². The van der Waals surface area contributed by atoms with Crippen molar-refractivity contribution in [3.05, 3.63) is 69.9 Å². The van der Waals surface area contributed by atoms with Crippen LogP contribution in [0.2, 0.25) is 0 Å². The Morgan fingerprint density at radius 2 is 1.96 bits per heavy atom. The van der Waals surface area contributed by atoms with Crippen molar-refractivity contribution in [2.24, 2.45) is 0 Å². The number of carbonyl (C=O) groups excluding carboxylic acids is 1. The second-order valence-electron chi connectivity index (χ2n) is 5.64. The van der Waals surface area contributed by atoms with Crippen molar-refractivity contribution in [3.63, 3.8) is 0 Å². The first-order chi connectivity index (χ1) is 10.9. The zero-order chi connectivity index (χ0) is 16.8. The van der Waals surface area contributed by atoms with Crippen molar-refractivity contribution in [3.8, 4) is 0 Å². The molecule has 0 unspecified atom stereocenters. The Morgan fingerprint density at radius 1 is 1.26 bits per heavy atom. The zero-order valence-electron chi connectivity index (χ0n) is 13.2. The number of halogens is 2. The Bertz CT molecular complexity index is 660. The van der Waals surface area contributed by atoms with Gasteiger partial charge in [0.05, 0.1) is 12.6 Å². The summed E-state index contributed by atoms with van der Waals surface area (Å²) >= 11 is 3.39. The first-order valence-electron chi connectivity index (χ1n) is 7.42. The van der Waals surface area contributed by atoms with Crippen LogP contribution in [-0.2, 0) is 11.3 Å². The molecule has 122 valence electrons. The van der Waals surface area contributed by atoms with E-state index in [1.165, 1.54) is 12.1 Å². The minimum absolute atomic E-state index is 0.0562. The average molecular weight is 379 g/mol. The number of likely N-dealkylation sites (N-methyl/N-ethyl adjacent to an activating group) is 1. The van der Waals surface area contributed by atoms with Crippen molar-refractivity contribution in [1.82, 2.24) is 10.2 Å². The van der Waals surface area contributed by atoms with Crippen LogP contribution in [0.1, 0.15) is 24.1 Å². The van der Waals surface area contributed by atoms with Crippen LogP contribution >= 0.6 is 15.9 Å². The SMILES string of the molecule is C[C@@H](NC(=O)CN(C)Cc1cccc(F)c1)c1ccc(Br)cc1. The normalized spacial score (nSPS) is 12.2. The maximum Gasteiger partial charge on any atom is 0.234 e. The molecule has 0 fully saturated rings. The Kier molecular flexibility index (Phi) is 6.30. The number of nitrogens with one attached hydrogen (secondary N) is 1. The third kappa shape index (κ3) is 5.77. The molecule has 1 atom stereocenters. The van der Waals surface area contributed by atoms with Gasteiger partial charge in [0.25, 0.3) is 0 Å². The first-order valence-corrected chi connectivity index (χ1v) is 8.21. The Morgan fingerprint density at radius 3 is 2.61 bits per heavy atom. The van der Waals surface area contributed by atoms with Crippen molar-refractivity contribution < 1.29 is 9.18 Å². The number of benzene rings is 2. The van der Waals surface area contributed by atoms with E-state index in [9.17, 15) is 9.18 Å². The molecule has 3 nitrogen and oxygen atoms in total. The van der Waals surface area contributed by atoms with Gasteiger partial charge >= 0.3 is 0 Å². The van der Waals surface area contributed by atoms with Gasteiger partial charge in [-0.2, -0.15) is 0 Å². The summed E-state index contributed by atoms with van der Waals surface area (Å²) < 4.78 is 14.2. The molecule has 2 rings (SSSR count). The largest absolute Gasteiger partial charge is 0.348 e. The van der Waals surface area contributed by atoms with E-state index in [1.807, 2.05) is 49.2 Å². The van der Waals surface area contributed by atoms with Crippen molar-refractivity contribution in [1.29, 1.82) is 0 Å². The monoisotopic (exact) mass is 378 g/mol. The van der Waals surface area contributed by atoms with Gasteiger partial charge < -0.3 is 5.32 Å². The summed E-state index contributed by atoms with van der Waals surface area (Å²) in [5, 5.41) is 2.97. The smallest absolute Gasteiger partial charge is 0.234 e. The lowest BCUT2D eigenvalue weighted by molar-refractivity contribution is -0.122. The van der Waals surface area contributed by atoms with Crippen LogP contribution in [0.25, 0.3) is 0 Å². The molecular weight excluding hydrogens is 359 g/mol. The van der Waals surface area contributed by atoms with E-state index < -0.39 is 0 Å². The molecule has 2 aromatic carbocycles. The Hall–Kier alpha value is -1.72. The summed E-state index contributed by atoms with van der Waals surface area (Å²) in [6.45, 7) is 2.74. The molecule has 0 radical (unpaired) electrons. The Labute approximate surface area is 144 Å². The fraction of sp³-hybridized carbons (Fsp3) is 0.278. The maximum atomic E-state index is 13.2. The lowest BCUT2D eigenvalue weighted by atomic mass is 10.1. The average Bonchev–Trinajstić information content (AvgIpc) is 2.47. The van der Waals surface area contributed by atoms with Gasteiger partial charge in [-0.3, -0.25) is 9.69 Å². The molecule has 0 saturated heterocycles. The lowest BCUT2D eigenvalue weighted by Crippen LogP contribution is -2.36. The van der Waals surface area contributed by atoms with Gasteiger partial charge in [0, 0.05) is 11.0 Å². The second-order valence-corrected chi connectivity index (χ2v) is 6.56. The molecule has 0 saturated carbocycles. The van der Waals surface area contributed by atoms with E-state index in [2.05, 4.69) is 21.2 Å². The number of hydrogen-bond donors (Lipinski definition) is 1. The molecule has 1 amide bonds. The van der Waals surface area contributed by atoms with Crippen molar-refractivity contribution in [2.75, 3.05) is 13.6 Å². The molecule has 23 heavy (non-hydrogen) atoms. The van der Waals surface area contributed by atoms with Gasteiger partial charge in [-0.1, -0.05) is 40.2 Å². The van der Waals surface area contributed by atoms with Gasteiger partial charge in [0.1, 0.15) is 5.82 Å². The van der Waals surface area contributed by atoms with E-state index in [4.69, 9.17) is 0 Å². The first kappa shape index (κ1) is 17.6. The third-order valence-electron chi connectivity index (χ3n) is 3.50. The predicted octanol–water partition coefficient (Wildman–Crippen LogP) is 3.90. The number of hydrogen-bond acceptors (Lipinski definition) is 2. The summed E-state index contributed by atoms with van der Waals surface area (Å²) in [7, 11) is 1.84. The molecule has 0 aliphatic heterocycles. The molecule has 0 spiro atoms. The van der Waals surface area contributed by atoms with Crippen LogP contribution in [0.3, 0.4) is 0 Å². The molecule has 0 aliphatic rings. The Balaban J connectivity index is 1.85. The lowest BCUT2D eigenvalue weighted by Gasteiger charge is -2.19. The molecule has 1 N–H and O–H groups in total. The number of rotatable bonds is 6. The highest BCUT2D eigenvalue weighted by atomic mass is 79.9. The zero-order valence-corrected chi connectivity index (χ0v) is 14.8. The molecule has 0 heterocycles. The predicted molar refractivity (Wildman–Crippen MR) is 93.4 cm³/mol. The second kappa shape index (κ2) is 8.22. The highest BCUT2D eigenvalue weighted by molar-refractivity contribution is 9.10. The topological polar surface area (TPSA) is 32.3 Å². The van der Waals surface area contributed by atoms with Crippen LogP contribution in [0.4, 0.5) is 4.39 Å². The van der Waals surface area contributed by atoms with Gasteiger partial charge in [0.2, 0.25) is 5.91 Å². The number of nitrogens with zero attached hydrogens (tertiary/aromatic N) is 1. The molecule has 2 aromatic rings. The van der Waals surface area contributed by atoms with Crippen LogP contribution in [0.5, 0.6) is 0 Å². The van der Waals surface area contributed by atoms with Crippen LogP contribution in [0, 0.1) is 5.82 Å². The van der Waals surface area contributed by atoms with Gasteiger partial charge in [0.15, 0.2) is 0 Å². The number of amides is 1. The van der Waals surface area contributed by atoms with E-state index in [0.29, 0.717) is 6.54 Å². The highest BCUT2D eigenvalue weighted by Crippen LogP contribution is 2.16. The van der Waals surface area contributed by atoms with Crippen LogP contribution in [0.15, 0.2) is 53.0 Å². The molecule has 0 bridgehead atoms. The summed E-state index contributed by atoms with van der Waals surface area (Å²) in [6, 6.07) is 14.2. The number of carbonyl (C=O) groups is 1. The summed E-state index contributed by atoms with van der Waals surface area (Å²) in [6.07, 6.45) is 0. The molecule has 5 heteroatoms. The van der Waals surface area contributed by atoms with E-state index >= 15 is 0 Å². The van der Waals surface area contributed by atoms with E-state index in [-0.39, 0.29) is 24.3 Å². The minimum Gasteiger partial charge on any atom is -0.348 e. The standard InChI is InChI=1S/C18H20BrFN2O/c1-13(15-6-8-16(19)9-7-15)21-18(23)12-22(2)11-14-4-3-5-17(20)10-14/h3-10,13H,11-12H2,1-2H3,(H,21,23)/t13-/m1/s1. The molecule has 0 aromatic heterocycles. The summed E-state index contributed by atoms with van der Waals surface area (Å²) in [4.78, 5) is 14.0.